The molecule has 2 aromatic heterocycles. The van der Waals surface area contributed by atoms with E-state index in [2.05, 4.69) is 15.3 Å². The zero-order chi connectivity index (χ0) is 14.7. The molecule has 3 rings (SSSR count). The second-order valence-electron chi connectivity index (χ2n) is 4.51. The van der Waals surface area contributed by atoms with Crippen molar-refractivity contribution in [1.29, 1.82) is 0 Å². The number of aryl methyl sites for hydroxylation is 2. The zero-order valence-electron chi connectivity index (χ0n) is 11.1. The van der Waals surface area contributed by atoms with E-state index in [0.29, 0.717) is 18.7 Å². The van der Waals surface area contributed by atoms with E-state index in [9.17, 15) is 4.39 Å². The maximum Gasteiger partial charge on any atom is 0.123 e. The van der Waals surface area contributed by atoms with Gasteiger partial charge < -0.3 is 5.11 Å². The van der Waals surface area contributed by atoms with Crippen LogP contribution in [0.5, 0.6) is 0 Å². The lowest BCUT2D eigenvalue weighted by atomic mass is 10.2. The molecule has 0 spiro atoms. The molecule has 0 aliphatic rings. The van der Waals surface area contributed by atoms with Gasteiger partial charge in [-0.15, -0.1) is 16.4 Å². The number of aliphatic hydroxyl groups excluding tert-OH is 1. The van der Waals surface area contributed by atoms with Crippen molar-refractivity contribution < 1.29 is 9.50 Å². The number of aromatic nitrogens is 4. The first kappa shape index (κ1) is 13.8. The smallest absolute Gasteiger partial charge is 0.123 e. The summed E-state index contributed by atoms with van der Waals surface area (Å²) >= 11 is 1.53. The van der Waals surface area contributed by atoms with Crippen LogP contribution in [0.1, 0.15) is 11.4 Å². The average Bonchev–Trinajstić information content (AvgIpc) is 3.14. The molecule has 5 nitrogen and oxygen atoms in total. The van der Waals surface area contributed by atoms with E-state index >= 15 is 0 Å². The molecule has 0 bridgehead atoms. The third kappa shape index (κ3) is 3.14. The Kier molecular flexibility index (Phi) is 4.03. The minimum Gasteiger partial charge on any atom is -0.390 e. The fourth-order valence-corrected chi connectivity index (χ4v) is 2.82. The van der Waals surface area contributed by atoms with Gasteiger partial charge in [0.2, 0.25) is 0 Å². The Morgan fingerprint density at radius 3 is 2.81 bits per heavy atom. The zero-order valence-corrected chi connectivity index (χ0v) is 11.9. The van der Waals surface area contributed by atoms with Crippen molar-refractivity contribution in [2.75, 3.05) is 0 Å². The van der Waals surface area contributed by atoms with Gasteiger partial charge in [-0.3, -0.25) is 0 Å². The number of halogens is 1. The lowest BCUT2D eigenvalue weighted by molar-refractivity contribution is 0.267. The molecule has 3 aromatic rings. The molecule has 0 radical (unpaired) electrons. The van der Waals surface area contributed by atoms with Crippen LogP contribution in [0, 0.1) is 5.82 Å². The van der Waals surface area contributed by atoms with E-state index < -0.39 is 0 Å². The van der Waals surface area contributed by atoms with Crippen LogP contribution in [0.2, 0.25) is 0 Å². The fraction of sp³-hybridized carbons (Fsp3) is 0.214. The van der Waals surface area contributed by atoms with Gasteiger partial charge >= 0.3 is 0 Å². The fourth-order valence-electron chi connectivity index (χ4n) is 1.96. The van der Waals surface area contributed by atoms with Crippen LogP contribution in [-0.2, 0) is 19.6 Å². The van der Waals surface area contributed by atoms with Crippen molar-refractivity contribution in [3.63, 3.8) is 0 Å². The van der Waals surface area contributed by atoms with Crippen LogP contribution in [0.3, 0.4) is 0 Å². The van der Waals surface area contributed by atoms with Gasteiger partial charge in [0, 0.05) is 23.9 Å². The van der Waals surface area contributed by atoms with Crippen molar-refractivity contribution in [1.82, 2.24) is 20.0 Å². The van der Waals surface area contributed by atoms with Crippen LogP contribution in [0.25, 0.3) is 10.6 Å². The SMILES string of the molecule is OCc1cnnn1CCc1csc(-c2ccc(F)cc2)n1. The predicted molar refractivity (Wildman–Crippen MR) is 77.2 cm³/mol. The highest BCUT2D eigenvalue weighted by molar-refractivity contribution is 7.13. The summed E-state index contributed by atoms with van der Waals surface area (Å²) in [7, 11) is 0. The van der Waals surface area contributed by atoms with E-state index in [4.69, 9.17) is 5.11 Å². The first-order valence-electron chi connectivity index (χ1n) is 6.45. The van der Waals surface area contributed by atoms with Gasteiger partial charge in [0.05, 0.1) is 24.2 Å². The van der Waals surface area contributed by atoms with Crippen molar-refractivity contribution in [3.05, 3.63) is 53.0 Å². The molecule has 0 fully saturated rings. The minimum atomic E-state index is -0.252. The Morgan fingerprint density at radius 1 is 1.24 bits per heavy atom. The third-order valence-corrected chi connectivity index (χ3v) is 4.02. The van der Waals surface area contributed by atoms with Crippen molar-refractivity contribution in [3.8, 4) is 10.6 Å². The molecule has 7 heteroatoms. The van der Waals surface area contributed by atoms with Gasteiger partial charge in [0.15, 0.2) is 0 Å². The van der Waals surface area contributed by atoms with Crippen LogP contribution < -0.4 is 0 Å². The van der Waals surface area contributed by atoms with Gasteiger partial charge in [-0.25, -0.2) is 14.1 Å². The van der Waals surface area contributed by atoms with Gasteiger partial charge in [-0.05, 0) is 24.3 Å². The van der Waals surface area contributed by atoms with E-state index in [1.165, 1.54) is 23.5 Å². The number of thiazole rings is 1. The number of rotatable bonds is 5. The molecular weight excluding hydrogens is 291 g/mol. The molecule has 0 saturated heterocycles. The highest BCUT2D eigenvalue weighted by Crippen LogP contribution is 2.24. The largest absolute Gasteiger partial charge is 0.390 e. The third-order valence-electron chi connectivity index (χ3n) is 3.08. The average molecular weight is 304 g/mol. The summed E-state index contributed by atoms with van der Waals surface area (Å²) in [4.78, 5) is 4.54. The minimum absolute atomic E-state index is 0.0785. The van der Waals surface area contributed by atoms with Gasteiger partial charge in [0.25, 0.3) is 0 Å². The monoisotopic (exact) mass is 304 g/mol. The Hall–Kier alpha value is -2.12. The summed E-state index contributed by atoms with van der Waals surface area (Å²) in [5.74, 6) is -0.252. The van der Waals surface area contributed by atoms with E-state index in [0.717, 1.165) is 16.3 Å². The second-order valence-corrected chi connectivity index (χ2v) is 5.37. The quantitative estimate of drug-likeness (QED) is 0.785. The van der Waals surface area contributed by atoms with Crippen molar-refractivity contribution in [2.45, 2.75) is 19.6 Å². The molecule has 1 N–H and O–H groups in total. The molecule has 0 aliphatic heterocycles. The summed E-state index contributed by atoms with van der Waals surface area (Å²) in [6.07, 6.45) is 2.25. The predicted octanol–water partition coefficient (Wildman–Crippen LogP) is 2.28. The Morgan fingerprint density at radius 2 is 2.05 bits per heavy atom. The van der Waals surface area contributed by atoms with E-state index in [-0.39, 0.29) is 12.4 Å². The number of aliphatic hydroxyl groups is 1. The maximum absolute atomic E-state index is 12.9. The summed E-state index contributed by atoms with van der Waals surface area (Å²) in [5, 5.41) is 19.7. The number of nitrogens with zero attached hydrogens (tertiary/aromatic N) is 4. The van der Waals surface area contributed by atoms with Crippen LogP contribution in [0.4, 0.5) is 4.39 Å². The van der Waals surface area contributed by atoms with Gasteiger partial charge in [-0.1, -0.05) is 5.21 Å². The molecule has 0 amide bonds. The standard InChI is InChI=1S/C14H13FN4OS/c15-11-3-1-10(2-4-11)14-17-12(9-21-14)5-6-19-13(8-20)7-16-18-19/h1-4,7,9,20H,5-6,8H2. The number of hydrogen-bond donors (Lipinski definition) is 1. The highest BCUT2D eigenvalue weighted by atomic mass is 32.1. The van der Waals surface area contributed by atoms with Crippen molar-refractivity contribution >= 4 is 11.3 Å². The maximum atomic E-state index is 12.9. The van der Waals surface area contributed by atoms with Crippen LogP contribution in [-0.4, -0.2) is 25.1 Å². The normalized spacial score (nSPS) is 11.0. The first-order chi connectivity index (χ1) is 10.3. The number of hydrogen-bond acceptors (Lipinski definition) is 5. The molecule has 2 heterocycles. The molecule has 0 atom stereocenters. The Balaban J connectivity index is 1.69. The lowest BCUT2D eigenvalue weighted by Gasteiger charge is -2.02. The summed E-state index contributed by atoms with van der Waals surface area (Å²) in [5.41, 5.74) is 2.53. The molecule has 0 aliphatic carbocycles. The lowest BCUT2D eigenvalue weighted by Crippen LogP contribution is -2.07. The second kappa shape index (κ2) is 6.11. The molecule has 0 saturated carbocycles. The van der Waals surface area contributed by atoms with Gasteiger partial charge in [-0.2, -0.15) is 0 Å². The summed E-state index contributed by atoms with van der Waals surface area (Å²) in [6.45, 7) is 0.535. The van der Waals surface area contributed by atoms with Gasteiger partial charge in [0.1, 0.15) is 10.8 Å². The first-order valence-corrected chi connectivity index (χ1v) is 7.33. The van der Waals surface area contributed by atoms with E-state index in [1.54, 1.807) is 23.0 Å². The molecule has 21 heavy (non-hydrogen) atoms. The molecular formula is C14H13FN4OS. The van der Waals surface area contributed by atoms with Crippen LogP contribution >= 0.6 is 11.3 Å². The Bertz CT molecular complexity index is 723. The van der Waals surface area contributed by atoms with Crippen molar-refractivity contribution in [2.24, 2.45) is 0 Å². The topological polar surface area (TPSA) is 63.8 Å². The van der Waals surface area contributed by atoms with E-state index in [1.807, 2.05) is 5.38 Å². The molecule has 0 unspecified atom stereocenters. The molecule has 1 aromatic carbocycles. The highest BCUT2D eigenvalue weighted by Gasteiger charge is 2.07. The van der Waals surface area contributed by atoms with Crippen LogP contribution in [0.15, 0.2) is 35.8 Å². The number of benzene rings is 1. The molecule has 108 valence electrons. The summed E-state index contributed by atoms with van der Waals surface area (Å²) < 4.78 is 14.6. The summed E-state index contributed by atoms with van der Waals surface area (Å²) in [6, 6.07) is 6.30. The Labute approximate surface area is 124 Å².